The highest BCUT2D eigenvalue weighted by molar-refractivity contribution is 5.61. The summed E-state index contributed by atoms with van der Waals surface area (Å²) in [5, 5.41) is 3.10. The standard InChI is InChI=1S/C14H18N4O/c1-4-15-14-16-9-8-13(17-14)18(2)11-6-5-7-12(10-11)19-3/h5-10H,4H2,1-3H3,(H,15,16,17). The van der Waals surface area contributed by atoms with Gasteiger partial charge >= 0.3 is 0 Å². The molecule has 0 fully saturated rings. The molecule has 0 aliphatic heterocycles. The van der Waals surface area contributed by atoms with E-state index in [-0.39, 0.29) is 0 Å². The molecule has 0 unspecified atom stereocenters. The molecule has 5 nitrogen and oxygen atoms in total. The lowest BCUT2D eigenvalue weighted by atomic mass is 10.3. The van der Waals surface area contributed by atoms with Crippen molar-refractivity contribution in [3.63, 3.8) is 0 Å². The fourth-order valence-corrected chi connectivity index (χ4v) is 1.73. The van der Waals surface area contributed by atoms with E-state index in [4.69, 9.17) is 4.74 Å². The molecule has 1 aromatic heterocycles. The number of benzene rings is 1. The van der Waals surface area contributed by atoms with Gasteiger partial charge in [0.05, 0.1) is 7.11 Å². The number of anilines is 3. The van der Waals surface area contributed by atoms with Gasteiger partial charge in [-0.05, 0) is 25.1 Å². The lowest BCUT2D eigenvalue weighted by Gasteiger charge is -2.19. The zero-order valence-corrected chi connectivity index (χ0v) is 11.4. The number of methoxy groups -OCH3 is 1. The average Bonchev–Trinajstić information content (AvgIpc) is 2.47. The molecule has 0 aliphatic rings. The highest BCUT2D eigenvalue weighted by Crippen LogP contribution is 2.25. The molecular weight excluding hydrogens is 240 g/mol. The van der Waals surface area contributed by atoms with Crippen molar-refractivity contribution in [1.29, 1.82) is 0 Å². The van der Waals surface area contributed by atoms with Crippen LogP contribution in [-0.2, 0) is 0 Å². The molecule has 0 spiro atoms. The van der Waals surface area contributed by atoms with Crippen molar-refractivity contribution < 1.29 is 4.74 Å². The van der Waals surface area contributed by atoms with E-state index in [9.17, 15) is 0 Å². The van der Waals surface area contributed by atoms with Crippen LogP contribution in [0.25, 0.3) is 0 Å². The molecule has 19 heavy (non-hydrogen) atoms. The first-order valence-electron chi connectivity index (χ1n) is 6.19. The van der Waals surface area contributed by atoms with E-state index in [0.29, 0.717) is 5.95 Å². The average molecular weight is 258 g/mol. The highest BCUT2D eigenvalue weighted by atomic mass is 16.5. The molecule has 0 aliphatic carbocycles. The van der Waals surface area contributed by atoms with Gasteiger partial charge in [0.2, 0.25) is 5.95 Å². The van der Waals surface area contributed by atoms with E-state index in [1.807, 2.05) is 49.2 Å². The summed E-state index contributed by atoms with van der Waals surface area (Å²) < 4.78 is 5.23. The van der Waals surface area contributed by atoms with Crippen molar-refractivity contribution in [2.24, 2.45) is 0 Å². The Labute approximate surface area is 113 Å². The van der Waals surface area contributed by atoms with Gasteiger partial charge in [0, 0.05) is 31.5 Å². The molecule has 0 atom stereocenters. The minimum Gasteiger partial charge on any atom is -0.497 e. The number of nitrogens with zero attached hydrogens (tertiary/aromatic N) is 3. The van der Waals surface area contributed by atoms with Crippen molar-refractivity contribution in [3.8, 4) is 5.75 Å². The van der Waals surface area contributed by atoms with Crippen LogP contribution in [0.2, 0.25) is 0 Å². The first-order chi connectivity index (χ1) is 9.24. The largest absolute Gasteiger partial charge is 0.497 e. The van der Waals surface area contributed by atoms with E-state index < -0.39 is 0 Å². The Morgan fingerprint density at radius 3 is 2.89 bits per heavy atom. The number of nitrogens with one attached hydrogen (secondary N) is 1. The van der Waals surface area contributed by atoms with Gasteiger partial charge < -0.3 is 15.0 Å². The quantitative estimate of drug-likeness (QED) is 0.893. The second-order valence-electron chi connectivity index (χ2n) is 4.03. The number of hydrogen-bond donors (Lipinski definition) is 1. The lowest BCUT2D eigenvalue weighted by Crippen LogP contribution is -2.13. The zero-order valence-electron chi connectivity index (χ0n) is 11.4. The van der Waals surface area contributed by atoms with Crippen LogP contribution in [0, 0.1) is 0 Å². The zero-order chi connectivity index (χ0) is 13.7. The molecule has 5 heteroatoms. The van der Waals surface area contributed by atoms with Crippen LogP contribution in [0.4, 0.5) is 17.5 Å². The van der Waals surface area contributed by atoms with Crippen LogP contribution >= 0.6 is 0 Å². The van der Waals surface area contributed by atoms with Gasteiger partial charge in [-0.3, -0.25) is 0 Å². The van der Waals surface area contributed by atoms with Crippen molar-refractivity contribution in [2.75, 3.05) is 30.9 Å². The first-order valence-corrected chi connectivity index (χ1v) is 6.19. The highest BCUT2D eigenvalue weighted by Gasteiger charge is 2.07. The van der Waals surface area contributed by atoms with Gasteiger partial charge in [0.25, 0.3) is 0 Å². The molecule has 100 valence electrons. The molecule has 0 radical (unpaired) electrons. The summed E-state index contributed by atoms with van der Waals surface area (Å²) in [4.78, 5) is 10.6. The Balaban J connectivity index is 2.27. The molecule has 0 saturated carbocycles. The van der Waals surface area contributed by atoms with Gasteiger partial charge in [-0.15, -0.1) is 0 Å². The third-order valence-corrected chi connectivity index (χ3v) is 2.76. The Kier molecular flexibility index (Phi) is 4.18. The summed E-state index contributed by atoms with van der Waals surface area (Å²) >= 11 is 0. The molecule has 1 N–H and O–H groups in total. The third-order valence-electron chi connectivity index (χ3n) is 2.76. The predicted octanol–water partition coefficient (Wildman–Crippen LogP) is 2.68. The maximum absolute atomic E-state index is 5.23. The van der Waals surface area contributed by atoms with Crippen molar-refractivity contribution in [2.45, 2.75) is 6.92 Å². The Morgan fingerprint density at radius 1 is 1.32 bits per heavy atom. The minimum absolute atomic E-state index is 0.634. The van der Waals surface area contributed by atoms with Crippen LogP contribution in [0.3, 0.4) is 0 Å². The lowest BCUT2D eigenvalue weighted by molar-refractivity contribution is 0.415. The SMILES string of the molecule is CCNc1nccc(N(C)c2cccc(OC)c2)n1. The summed E-state index contributed by atoms with van der Waals surface area (Å²) in [6.45, 7) is 2.81. The monoisotopic (exact) mass is 258 g/mol. The maximum Gasteiger partial charge on any atom is 0.224 e. The van der Waals surface area contributed by atoms with Crippen LogP contribution < -0.4 is 15.0 Å². The van der Waals surface area contributed by atoms with Gasteiger partial charge in [0.15, 0.2) is 0 Å². The first kappa shape index (κ1) is 13.1. The molecule has 2 aromatic rings. The maximum atomic E-state index is 5.23. The normalized spacial score (nSPS) is 10.1. The third kappa shape index (κ3) is 3.13. The summed E-state index contributed by atoms with van der Waals surface area (Å²) in [6.07, 6.45) is 1.75. The smallest absolute Gasteiger partial charge is 0.224 e. The number of hydrogen-bond acceptors (Lipinski definition) is 5. The Morgan fingerprint density at radius 2 is 2.16 bits per heavy atom. The van der Waals surface area contributed by atoms with Crippen LogP contribution in [0.1, 0.15) is 6.92 Å². The molecule has 1 aromatic carbocycles. The number of aromatic nitrogens is 2. The Bertz CT molecular complexity index is 544. The van der Waals surface area contributed by atoms with Gasteiger partial charge in [-0.25, -0.2) is 4.98 Å². The van der Waals surface area contributed by atoms with Crippen molar-refractivity contribution in [1.82, 2.24) is 9.97 Å². The minimum atomic E-state index is 0.634. The number of rotatable bonds is 5. The summed E-state index contributed by atoms with van der Waals surface area (Å²) in [5.41, 5.74) is 1.01. The van der Waals surface area contributed by atoms with Crippen molar-refractivity contribution in [3.05, 3.63) is 36.5 Å². The molecule has 2 rings (SSSR count). The van der Waals surface area contributed by atoms with Crippen LogP contribution in [0.5, 0.6) is 5.75 Å². The van der Waals surface area contributed by atoms with Crippen LogP contribution in [-0.4, -0.2) is 30.7 Å². The van der Waals surface area contributed by atoms with Crippen LogP contribution in [0.15, 0.2) is 36.5 Å². The molecule has 0 amide bonds. The van der Waals surface area contributed by atoms with E-state index in [0.717, 1.165) is 23.8 Å². The van der Waals surface area contributed by atoms with E-state index >= 15 is 0 Å². The Hall–Kier alpha value is -2.30. The second kappa shape index (κ2) is 6.04. The number of ether oxygens (including phenoxy) is 1. The van der Waals surface area contributed by atoms with E-state index in [2.05, 4.69) is 15.3 Å². The van der Waals surface area contributed by atoms with Gasteiger partial charge in [-0.1, -0.05) is 6.07 Å². The molecule has 1 heterocycles. The molecule has 0 bridgehead atoms. The van der Waals surface area contributed by atoms with E-state index in [1.54, 1.807) is 13.3 Å². The second-order valence-corrected chi connectivity index (χ2v) is 4.03. The van der Waals surface area contributed by atoms with Gasteiger partial charge in [0.1, 0.15) is 11.6 Å². The van der Waals surface area contributed by atoms with E-state index in [1.165, 1.54) is 0 Å². The summed E-state index contributed by atoms with van der Waals surface area (Å²) in [6, 6.07) is 9.73. The fourth-order valence-electron chi connectivity index (χ4n) is 1.73. The fraction of sp³-hybridized carbons (Fsp3) is 0.286. The molecule has 0 saturated heterocycles. The summed E-state index contributed by atoms with van der Waals surface area (Å²) in [7, 11) is 3.62. The summed E-state index contributed by atoms with van der Waals surface area (Å²) in [5.74, 6) is 2.29. The van der Waals surface area contributed by atoms with Crippen molar-refractivity contribution >= 4 is 17.5 Å². The topological polar surface area (TPSA) is 50.3 Å². The molecular formula is C14H18N4O. The van der Waals surface area contributed by atoms with Gasteiger partial charge in [-0.2, -0.15) is 4.98 Å². The predicted molar refractivity (Wildman–Crippen MR) is 77.3 cm³/mol.